The molecule has 0 bridgehead atoms. The number of aryl methyl sites for hydroxylation is 1. The van der Waals surface area contributed by atoms with Gasteiger partial charge in [0.1, 0.15) is 11.9 Å². The Kier molecular flexibility index (Phi) is 2.82. The van der Waals surface area contributed by atoms with Crippen LogP contribution in [0.1, 0.15) is 24.5 Å². The van der Waals surface area contributed by atoms with E-state index in [9.17, 15) is 4.39 Å². The third-order valence-electron chi connectivity index (χ3n) is 1.69. The summed E-state index contributed by atoms with van der Waals surface area (Å²) >= 11 is 0. The maximum absolute atomic E-state index is 13.0. The van der Waals surface area contributed by atoms with Crippen molar-refractivity contribution in [1.82, 2.24) is 0 Å². The maximum Gasteiger partial charge on any atom is 0.141 e. The molecule has 0 aliphatic carbocycles. The lowest BCUT2D eigenvalue weighted by atomic mass is 10.1. The highest BCUT2D eigenvalue weighted by atomic mass is 19.1. The largest absolute Gasteiger partial charge is 0.206 e. The molecule has 0 atom stereocenters. The first-order chi connectivity index (χ1) is 5.77. The van der Waals surface area contributed by atoms with Crippen molar-refractivity contribution in [2.24, 2.45) is 0 Å². The van der Waals surface area contributed by atoms with Gasteiger partial charge in [-0.1, -0.05) is 19.4 Å². The number of hydrogen-bond acceptors (Lipinski definition) is 1. The summed E-state index contributed by atoms with van der Waals surface area (Å²) in [7, 11) is 0. The predicted molar refractivity (Wildman–Crippen MR) is 45.1 cm³/mol. The molecule has 1 nitrogen and oxygen atoms in total. The summed E-state index contributed by atoms with van der Waals surface area (Å²) in [6, 6.07) is 6.55. The van der Waals surface area contributed by atoms with Gasteiger partial charge in [0.15, 0.2) is 0 Å². The summed E-state index contributed by atoms with van der Waals surface area (Å²) in [5, 5.41) is 8.45. The molecule has 62 valence electrons. The quantitative estimate of drug-likeness (QED) is 0.657. The Morgan fingerprint density at radius 3 is 2.75 bits per heavy atom. The van der Waals surface area contributed by atoms with Gasteiger partial charge in [-0.3, -0.25) is 0 Å². The molecule has 0 heterocycles. The van der Waals surface area contributed by atoms with E-state index in [-0.39, 0.29) is 5.56 Å². The molecule has 0 aliphatic rings. The van der Waals surface area contributed by atoms with Gasteiger partial charge >= 0.3 is 0 Å². The van der Waals surface area contributed by atoms with E-state index in [1.807, 2.05) is 6.92 Å². The van der Waals surface area contributed by atoms with Gasteiger partial charge in [0.25, 0.3) is 0 Å². The smallest absolute Gasteiger partial charge is 0.141 e. The zero-order chi connectivity index (χ0) is 8.97. The Labute approximate surface area is 71.4 Å². The van der Waals surface area contributed by atoms with E-state index >= 15 is 0 Å². The van der Waals surface area contributed by atoms with Crippen molar-refractivity contribution in [3.63, 3.8) is 0 Å². The van der Waals surface area contributed by atoms with Crippen molar-refractivity contribution < 1.29 is 4.39 Å². The third kappa shape index (κ3) is 1.82. The number of nitriles is 1. The molecule has 0 aliphatic heterocycles. The van der Waals surface area contributed by atoms with E-state index in [1.54, 1.807) is 12.1 Å². The van der Waals surface area contributed by atoms with Crippen molar-refractivity contribution in [2.75, 3.05) is 0 Å². The topological polar surface area (TPSA) is 23.8 Å². The second-order valence-electron chi connectivity index (χ2n) is 2.68. The molecule has 12 heavy (non-hydrogen) atoms. The average Bonchev–Trinajstić information content (AvgIpc) is 2.05. The molecular weight excluding hydrogens is 153 g/mol. The van der Waals surface area contributed by atoms with Gasteiger partial charge in [0, 0.05) is 0 Å². The predicted octanol–water partition coefficient (Wildman–Crippen LogP) is 2.65. The standard InChI is InChI=1S/C10H10FN/c1-2-3-8-4-5-9(7-12)10(11)6-8/h4-6H,2-3H2,1H3. The fraction of sp³-hybridized carbons (Fsp3) is 0.300. The van der Waals surface area contributed by atoms with E-state index < -0.39 is 5.82 Å². The van der Waals surface area contributed by atoms with Gasteiger partial charge in [0.2, 0.25) is 0 Å². The van der Waals surface area contributed by atoms with Crippen LogP contribution >= 0.6 is 0 Å². The summed E-state index contributed by atoms with van der Waals surface area (Å²) in [4.78, 5) is 0. The van der Waals surface area contributed by atoms with Gasteiger partial charge in [-0.25, -0.2) is 4.39 Å². The van der Waals surface area contributed by atoms with E-state index in [4.69, 9.17) is 5.26 Å². The second kappa shape index (κ2) is 3.87. The van der Waals surface area contributed by atoms with Crippen LogP contribution in [0.2, 0.25) is 0 Å². The minimum Gasteiger partial charge on any atom is -0.206 e. The van der Waals surface area contributed by atoms with Crippen molar-refractivity contribution in [3.8, 4) is 6.07 Å². The first kappa shape index (κ1) is 8.73. The molecule has 0 amide bonds. The molecule has 0 N–H and O–H groups in total. The highest BCUT2D eigenvalue weighted by molar-refractivity contribution is 5.33. The van der Waals surface area contributed by atoms with Crippen LogP contribution in [0.5, 0.6) is 0 Å². The summed E-state index contributed by atoms with van der Waals surface area (Å²) in [5.74, 6) is -0.413. The normalized spacial score (nSPS) is 9.42. The van der Waals surface area contributed by atoms with Crippen LogP contribution in [-0.2, 0) is 6.42 Å². The lowest BCUT2D eigenvalue weighted by Crippen LogP contribution is -1.88. The maximum atomic E-state index is 13.0. The Morgan fingerprint density at radius 2 is 2.25 bits per heavy atom. The van der Waals surface area contributed by atoms with Gasteiger partial charge in [-0.15, -0.1) is 0 Å². The monoisotopic (exact) mass is 163 g/mol. The number of rotatable bonds is 2. The van der Waals surface area contributed by atoms with Crippen molar-refractivity contribution in [3.05, 3.63) is 35.1 Å². The van der Waals surface area contributed by atoms with Crippen molar-refractivity contribution in [1.29, 1.82) is 5.26 Å². The van der Waals surface area contributed by atoms with Crippen LogP contribution in [0.15, 0.2) is 18.2 Å². The van der Waals surface area contributed by atoms with Crippen LogP contribution in [0.3, 0.4) is 0 Å². The first-order valence-electron chi connectivity index (χ1n) is 3.96. The molecule has 2 heteroatoms. The molecule has 1 rings (SSSR count). The molecule has 0 saturated carbocycles. The zero-order valence-electron chi connectivity index (χ0n) is 6.97. The number of halogens is 1. The SMILES string of the molecule is CCCc1ccc(C#N)c(F)c1. The van der Waals surface area contributed by atoms with E-state index in [0.29, 0.717) is 0 Å². The summed E-state index contributed by atoms with van der Waals surface area (Å²) < 4.78 is 13.0. The van der Waals surface area contributed by atoms with Crippen LogP contribution in [0.25, 0.3) is 0 Å². The third-order valence-corrected chi connectivity index (χ3v) is 1.69. The van der Waals surface area contributed by atoms with Crippen LogP contribution in [0, 0.1) is 17.1 Å². The average molecular weight is 163 g/mol. The van der Waals surface area contributed by atoms with Gasteiger partial charge < -0.3 is 0 Å². The van der Waals surface area contributed by atoms with Crippen molar-refractivity contribution >= 4 is 0 Å². The minimum absolute atomic E-state index is 0.120. The number of hydrogen-bond donors (Lipinski definition) is 0. The second-order valence-corrected chi connectivity index (χ2v) is 2.68. The summed E-state index contributed by atoms with van der Waals surface area (Å²) in [6.07, 6.45) is 1.86. The van der Waals surface area contributed by atoms with Crippen LogP contribution < -0.4 is 0 Å². The molecule has 0 saturated heterocycles. The zero-order valence-corrected chi connectivity index (χ0v) is 6.97. The molecule has 1 aromatic carbocycles. The Morgan fingerprint density at radius 1 is 1.50 bits per heavy atom. The molecule has 1 aromatic rings. The molecular formula is C10H10FN. The van der Waals surface area contributed by atoms with Crippen LogP contribution in [-0.4, -0.2) is 0 Å². The molecule has 0 spiro atoms. The lowest BCUT2D eigenvalue weighted by Gasteiger charge is -1.98. The lowest BCUT2D eigenvalue weighted by molar-refractivity contribution is 0.621. The molecule has 0 unspecified atom stereocenters. The van der Waals surface area contributed by atoms with E-state index in [0.717, 1.165) is 18.4 Å². The Bertz CT molecular complexity index is 312. The molecule has 0 fully saturated rings. The fourth-order valence-corrected chi connectivity index (χ4v) is 1.09. The number of nitrogens with zero attached hydrogens (tertiary/aromatic N) is 1. The van der Waals surface area contributed by atoms with Crippen molar-refractivity contribution in [2.45, 2.75) is 19.8 Å². The Hall–Kier alpha value is -1.36. The first-order valence-corrected chi connectivity index (χ1v) is 3.96. The van der Waals surface area contributed by atoms with Gasteiger partial charge in [-0.2, -0.15) is 5.26 Å². The fourth-order valence-electron chi connectivity index (χ4n) is 1.09. The highest BCUT2D eigenvalue weighted by Crippen LogP contribution is 2.10. The Balaban J connectivity index is 2.96. The van der Waals surface area contributed by atoms with E-state index in [2.05, 4.69) is 0 Å². The minimum atomic E-state index is -0.413. The summed E-state index contributed by atoms with van der Waals surface area (Å²) in [6.45, 7) is 2.04. The highest BCUT2D eigenvalue weighted by Gasteiger charge is 2.00. The van der Waals surface area contributed by atoms with Crippen LogP contribution in [0.4, 0.5) is 4.39 Å². The molecule has 0 radical (unpaired) electrons. The number of benzene rings is 1. The van der Waals surface area contributed by atoms with Gasteiger partial charge in [0.05, 0.1) is 5.56 Å². The van der Waals surface area contributed by atoms with Gasteiger partial charge in [-0.05, 0) is 24.1 Å². The molecule has 0 aromatic heterocycles. The summed E-state index contributed by atoms with van der Waals surface area (Å²) in [5.41, 5.74) is 1.07. The van der Waals surface area contributed by atoms with E-state index in [1.165, 1.54) is 12.1 Å².